The molecule has 2 aromatic rings. The van der Waals surface area contributed by atoms with Crippen LogP contribution in [-0.4, -0.2) is 34.0 Å². The number of nitrogens with zero attached hydrogens (tertiary/aromatic N) is 2. The van der Waals surface area contributed by atoms with Gasteiger partial charge in [0.1, 0.15) is 5.71 Å². The molecule has 7 nitrogen and oxygen atoms in total. The number of esters is 1. The number of ketones is 1. The van der Waals surface area contributed by atoms with Crippen molar-refractivity contribution in [3.63, 3.8) is 0 Å². The van der Waals surface area contributed by atoms with Crippen LogP contribution in [0.2, 0.25) is 5.02 Å². The van der Waals surface area contributed by atoms with Gasteiger partial charge in [-0.2, -0.15) is 5.10 Å². The summed E-state index contributed by atoms with van der Waals surface area (Å²) in [6.07, 6.45) is -0.623. The second-order valence-electron chi connectivity index (χ2n) is 6.60. The average molecular weight is 402 g/mol. The van der Waals surface area contributed by atoms with Gasteiger partial charge in [0.15, 0.2) is 6.10 Å². The molecule has 1 aromatic heterocycles. The number of benzene rings is 1. The number of hydrazone groups is 1. The van der Waals surface area contributed by atoms with Crippen LogP contribution in [0.15, 0.2) is 35.4 Å². The van der Waals surface area contributed by atoms with Crippen LogP contribution < -0.4 is 5.43 Å². The Morgan fingerprint density at radius 1 is 1.21 bits per heavy atom. The zero-order valence-corrected chi connectivity index (χ0v) is 16.5. The number of ether oxygens (including phenoxy) is 1. The highest BCUT2D eigenvalue weighted by atomic mass is 35.5. The number of carbonyl (C=O) groups is 3. The van der Waals surface area contributed by atoms with Crippen LogP contribution in [0.5, 0.6) is 0 Å². The maximum absolute atomic E-state index is 12.9. The minimum atomic E-state index is -0.980. The average Bonchev–Trinajstić information content (AvgIpc) is 2.96. The monoisotopic (exact) mass is 401 g/mol. The summed E-state index contributed by atoms with van der Waals surface area (Å²) in [5, 5.41) is 4.32. The molecule has 0 aliphatic carbocycles. The number of Topliss-reactive ketones (excluding diaryl/α,β-unsaturated/α-hetero) is 1. The van der Waals surface area contributed by atoms with Crippen LogP contribution in [0.1, 0.15) is 41.5 Å². The first kappa shape index (κ1) is 19.8. The van der Waals surface area contributed by atoms with Crippen LogP contribution in [-0.2, 0) is 14.3 Å². The van der Waals surface area contributed by atoms with Gasteiger partial charge in [-0.15, -0.1) is 0 Å². The van der Waals surface area contributed by atoms with E-state index in [2.05, 4.69) is 10.5 Å². The van der Waals surface area contributed by atoms with E-state index in [0.29, 0.717) is 10.6 Å². The summed E-state index contributed by atoms with van der Waals surface area (Å²) in [5.74, 6) is -1.26. The van der Waals surface area contributed by atoms with Gasteiger partial charge in [-0.05, 0) is 51.1 Å². The van der Waals surface area contributed by atoms with Crippen LogP contribution in [0.3, 0.4) is 0 Å². The summed E-state index contributed by atoms with van der Waals surface area (Å²) in [6, 6.07) is 9.08. The molecule has 1 aliphatic rings. The third kappa shape index (κ3) is 3.99. The summed E-state index contributed by atoms with van der Waals surface area (Å²) >= 11 is 5.95. The summed E-state index contributed by atoms with van der Waals surface area (Å²) in [5.41, 5.74) is 5.33. The minimum absolute atomic E-state index is 0.103. The Kier molecular flexibility index (Phi) is 5.65. The number of hydrogen-bond acceptors (Lipinski definition) is 5. The third-order valence-corrected chi connectivity index (χ3v) is 4.83. The highest BCUT2D eigenvalue weighted by Gasteiger charge is 2.27. The quantitative estimate of drug-likeness (QED) is 0.615. The number of amides is 1. The SMILES string of the molecule is Cc1cc(C(=O)[C@@H](C)OC(=O)C2=NNC(=O)CC2)c(C)n1-c1ccc(Cl)cc1. The van der Waals surface area contributed by atoms with E-state index in [1.54, 1.807) is 18.2 Å². The number of aryl methyl sites for hydroxylation is 1. The first-order valence-corrected chi connectivity index (χ1v) is 9.21. The summed E-state index contributed by atoms with van der Waals surface area (Å²) in [6.45, 7) is 5.26. The van der Waals surface area contributed by atoms with Gasteiger partial charge in [-0.1, -0.05) is 11.6 Å². The maximum atomic E-state index is 12.9. The van der Waals surface area contributed by atoms with E-state index < -0.39 is 12.1 Å². The molecule has 28 heavy (non-hydrogen) atoms. The lowest BCUT2D eigenvalue weighted by molar-refractivity contribution is -0.138. The lowest BCUT2D eigenvalue weighted by Gasteiger charge is -2.15. The highest BCUT2D eigenvalue weighted by Crippen LogP contribution is 2.23. The summed E-state index contributed by atoms with van der Waals surface area (Å²) < 4.78 is 7.21. The van der Waals surface area contributed by atoms with Gasteiger partial charge in [0.2, 0.25) is 11.7 Å². The lowest BCUT2D eigenvalue weighted by atomic mass is 10.1. The fourth-order valence-electron chi connectivity index (χ4n) is 3.12. The molecule has 146 valence electrons. The highest BCUT2D eigenvalue weighted by molar-refractivity contribution is 6.37. The molecular weight excluding hydrogens is 382 g/mol. The Hall–Kier alpha value is -2.93. The van der Waals surface area contributed by atoms with Crippen molar-refractivity contribution in [2.24, 2.45) is 5.10 Å². The van der Waals surface area contributed by atoms with E-state index in [0.717, 1.165) is 17.1 Å². The molecule has 1 atom stereocenters. The van der Waals surface area contributed by atoms with Crippen molar-refractivity contribution >= 4 is 35.0 Å². The van der Waals surface area contributed by atoms with E-state index in [1.165, 1.54) is 6.92 Å². The lowest BCUT2D eigenvalue weighted by Crippen LogP contribution is -2.34. The number of nitrogens with one attached hydrogen (secondary N) is 1. The van der Waals surface area contributed by atoms with Crippen molar-refractivity contribution in [3.05, 3.63) is 52.3 Å². The molecule has 1 amide bonds. The first-order chi connectivity index (χ1) is 13.3. The Balaban J connectivity index is 1.79. The molecule has 3 rings (SSSR count). The molecule has 0 fully saturated rings. The largest absolute Gasteiger partial charge is 0.450 e. The number of aromatic nitrogens is 1. The molecule has 8 heteroatoms. The van der Waals surface area contributed by atoms with Gasteiger partial charge in [-0.25, -0.2) is 10.2 Å². The third-order valence-electron chi connectivity index (χ3n) is 4.57. The van der Waals surface area contributed by atoms with Gasteiger partial charge >= 0.3 is 5.97 Å². The van der Waals surface area contributed by atoms with Gasteiger partial charge in [0.25, 0.3) is 0 Å². The molecule has 0 spiro atoms. The van der Waals surface area contributed by atoms with Crippen molar-refractivity contribution in [3.8, 4) is 5.69 Å². The Bertz CT molecular complexity index is 976. The zero-order valence-electron chi connectivity index (χ0n) is 15.8. The van der Waals surface area contributed by atoms with Crippen LogP contribution in [0, 0.1) is 13.8 Å². The van der Waals surface area contributed by atoms with Crippen molar-refractivity contribution < 1.29 is 19.1 Å². The number of rotatable bonds is 5. The van der Waals surface area contributed by atoms with Crippen LogP contribution in [0.25, 0.3) is 5.69 Å². The topological polar surface area (TPSA) is 89.8 Å². The fourth-order valence-corrected chi connectivity index (χ4v) is 3.25. The molecule has 0 unspecified atom stereocenters. The van der Waals surface area contributed by atoms with Gasteiger partial charge in [0, 0.05) is 40.5 Å². The predicted octanol–water partition coefficient (Wildman–Crippen LogP) is 3.13. The Morgan fingerprint density at radius 3 is 2.50 bits per heavy atom. The minimum Gasteiger partial charge on any atom is -0.450 e. The predicted molar refractivity (Wildman–Crippen MR) is 105 cm³/mol. The van der Waals surface area contributed by atoms with E-state index in [1.807, 2.05) is 30.5 Å². The van der Waals surface area contributed by atoms with E-state index in [9.17, 15) is 14.4 Å². The summed E-state index contributed by atoms with van der Waals surface area (Å²) in [7, 11) is 0. The van der Waals surface area contributed by atoms with Crippen molar-refractivity contribution in [2.45, 2.75) is 39.7 Å². The summed E-state index contributed by atoms with van der Waals surface area (Å²) in [4.78, 5) is 36.2. The molecule has 0 radical (unpaired) electrons. The molecule has 0 saturated heterocycles. The maximum Gasteiger partial charge on any atom is 0.355 e. The molecular formula is C20H20ClN3O4. The molecule has 0 saturated carbocycles. The zero-order chi connectivity index (χ0) is 20.4. The fraction of sp³-hybridized carbons (Fsp3) is 0.300. The molecule has 1 aromatic carbocycles. The molecule has 0 bridgehead atoms. The molecule has 1 aliphatic heterocycles. The number of carbonyl (C=O) groups excluding carboxylic acids is 3. The Morgan fingerprint density at radius 2 is 1.89 bits per heavy atom. The van der Waals surface area contributed by atoms with E-state index >= 15 is 0 Å². The number of hydrogen-bond donors (Lipinski definition) is 1. The Labute approximate surface area is 167 Å². The van der Waals surface area contributed by atoms with Gasteiger partial charge in [0.05, 0.1) is 0 Å². The number of halogens is 1. The smallest absolute Gasteiger partial charge is 0.355 e. The van der Waals surface area contributed by atoms with Crippen LogP contribution >= 0.6 is 11.6 Å². The van der Waals surface area contributed by atoms with Crippen LogP contribution in [0.4, 0.5) is 0 Å². The van der Waals surface area contributed by atoms with Gasteiger partial charge in [-0.3, -0.25) is 9.59 Å². The van der Waals surface area contributed by atoms with E-state index in [-0.39, 0.29) is 30.2 Å². The molecule has 2 heterocycles. The van der Waals surface area contributed by atoms with E-state index in [4.69, 9.17) is 16.3 Å². The first-order valence-electron chi connectivity index (χ1n) is 8.83. The molecule has 1 N–H and O–H groups in total. The van der Waals surface area contributed by atoms with Gasteiger partial charge < -0.3 is 9.30 Å². The second kappa shape index (κ2) is 7.98. The van der Waals surface area contributed by atoms with Crippen molar-refractivity contribution in [2.75, 3.05) is 0 Å². The second-order valence-corrected chi connectivity index (χ2v) is 7.04. The van der Waals surface area contributed by atoms with Crippen molar-refractivity contribution in [1.29, 1.82) is 0 Å². The normalized spacial score (nSPS) is 14.9. The standard InChI is InChI=1S/C20H20ClN3O4/c1-11-10-16(12(2)24(11)15-6-4-14(21)5-7-15)19(26)13(3)28-20(27)17-8-9-18(25)23-22-17/h4-7,10,13H,8-9H2,1-3H3,(H,23,25)/t13-/m1/s1. The van der Waals surface area contributed by atoms with Crippen molar-refractivity contribution in [1.82, 2.24) is 9.99 Å².